The zero-order valence-corrected chi connectivity index (χ0v) is 17.8. The van der Waals surface area contributed by atoms with Gasteiger partial charge < -0.3 is 5.32 Å². The van der Waals surface area contributed by atoms with Crippen LogP contribution in [0.5, 0.6) is 0 Å². The van der Waals surface area contributed by atoms with Gasteiger partial charge in [-0.1, -0.05) is 60.7 Å². The highest BCUT2D eigenvalue weighted by Crippen LogP contribution is 2.25. The summed E-state index contributed by atoms with van der Waals surface area (Å²) in [6.45, 7) is 1.54. The van der Waals surface area contributed by atoms with E-state index >= 15 is 0 Å². The number of anilines is 2. The van der Waals surface area contributed by atoms with E-state index in [4.69, 9.17) is 0 Å². The highest BCUT2D eigenvalue weighted by atomic mass is 32.2. The smallest absolute Gasteiger partial charge is 0.264 e. The summed E-state index contributed by atoms with van der Waals surface area (Å²) in [6, 6.07) is 28.7. The molecule has 0 aliphatic heterocycles. The molecule has 0 aliphatic carbocycles. The van der Waals surface area contributed by atoms with Crippen LogP contribution in [0.4, 0.5) is 11.4 Å². The van der Waals surface area contributed by atoms with Crippen molar-refractivity contribution in [2.24, 2.45) is 0 Å². The van der Waals surface area contributed by atoms with Crippen LogP contribution in [0, 0.1) is 6.92 Å². The van der Waals surface area contributed by atoms with E-state index in [1.54, 1.807) is 36.4 Å². The van der Waals surface area contributed by atoms with Gasteiger partial charge in [0.25, 0.3) is 10.0 Å². The molecule has 0 unspecified atom stereocenters. The van der Waals surface area contributed by atoms with Gasteiger partial charge in [0, 0.05) is 5.69 Å². The van der Waals surface area contributed by atoms with Gasteiger partial charge in [-0.15, -0.1) is 0 Å². The van der Waals surface area contributed by atoms with E-state index in [1.807, 2.05) is 55.5 Å². The van der Waals surface area contributed by atoms with Gasteiger partial charge in [0.2, 0.25) is 5.91 Å². The summed E-state index contributed by atoms with van der Waals surface area (Å²) in [7, 11) is -3.92. The first-order chi connectivity index (χ1) is 14.9. The van der Waals surface area contributed by atoms with Gasteiger partial charge in [-0.05, 0) is 59.7 Å². The maximum atomic E-state index is 13.4. The van der Waals surface area contributed by atoms with Crippen molar-refractivity contribution in [3.8, 4) is 0 Å². The Morgan fingerprint density at radius 3 is 2.26 bits per heavy atom. The molecule has 31 heavy (non-hydrogen) atoms. The van der Waals surface area contributed by atoms with Crippen LogP contribution < -0.4 is 9.62 Å². The van der Waals surface area contributed by atoms with Crippen molar-refractivity contribution >= 4 is 38.1 Å². The maximum absolute atomic E-state index is 13.4. The lowest BCUT2D eigenvalue weighted by Crippen LogP contribution is -2.38. The van der Waals surface area contributed by atoms with Gasteiger partial charge in [-0.2, -0.15) is 0 Å². The Morgan fingerprint density at radius 2 is 1.52 bits per heavy atom. The molecule has 0 spiro atoms. The van der Waals surface area contributed by atoms with Gasteiger partial charge in [0.05, 0.1) is 10.6 Å². The van der Waals surface area contributed by atoms with E-state index in [0.717, 1.165) is 20.6 Å². The van der Waals surface area contributed by atoms with Crippen molar-refractivity contribution < 1.29 is 13.2 Å². The quantitative estimate of drug-likeness (QED) is 0.469. The minimum Gasteiger partial charge on any atom is -0.324 e. The van der Waals surface area contributed by atoms with Crippen molar-refractivity contribution in [1.29, 1.82) is 0 Å². The van der Waals surface area contributed by atoms with Crippen molar-refractivity contribution in [1.82, 2.24) is 0 Å². The van der Waals surface area contributed by atoms with Crippen LogP contribution in [0.25, 0.3) is 10.8 Å². The summed E-state index contributed by atoms with van der Waals surface area (Å²) in [5.41, 5.74) is 1.96. The van der Waals surface area contributed by atoms with Crippen LogP contribution in [-0.4, -0.2) is 20.9 Å². The molecular formula is C25H22N2O3S. The highest BCUT2D eigenvalue weighted by Gasteiger charge is 2.27. The number of nitrogens with one attached hydrogen (secondary N) is 1. The highest BCUT2D eigenvalue weighted by molar-refractivity contribution is 7.92. The fourth-order valence-corrected chi connectivity index (χ4v) is 4.85. The largest absolute Gasteiger partial charge is 0.324 e. The number of fused-ring (bicyclic) bond motifs is 1. The second-order valence-corrected chi connectivity index (χ2v) is 9.14. The molecule has 156 valence electrons. The Labute approximate surface area is 182 Å². The number of sulfonamides is 1. The number of rotatable bonds is 6. The average molecular weight is 431 g/mol. The Morgan fingerprint density at radius 1 is 0.806 bits per heavy atom. The van der Waals surface area contributed by atoms with E-state index < -0.39 is 15.9 Å². The zero-order valence-electron chi connectivity index (χ0n) is 17.0. The number of hydrogen-bond acceptors (Lipinski definition) is 3. The summed E-state index contributed by atoms with van der Waals surface area (Å²) < 4.78 is 27.9. The number of carbonyl (C=O) groups is 1. The molecule has 0 saturated carbocycles. The zero-order chi connectivity index (χ0) is 21.8. The van der Waals surface area contributed by atoms with Crippen LogP contribution in [0.15, 0.2) is 102 Å². The number of carbonyl (C=O) groups excluding carboxylic acids is 1. The first-order valence-electron chi connectivity index (χ1n) is 9.86. The van der Waals surface area contributed by atoms with Crippen LogP contribution in [0.2, 0.25) is 0 Å². The molecule has 1 amide bonds. The van der Waals surface area contributed by atoms with Gasteiger partial charge >= 0.3 is 0 Å². The van der Waals surface area contributed by atoms with Gasteiger partial charge in [0.1, 0.15) is 6.54 Å². The van der Waals surface area contributed by atoms with E-state index in [9.17, 15) is 13.2 Å². The monoisotopic (exact) mass is 430 g/mol. The molecule has 0 radical (unpaired) electrons. The van der Waals surface area contributed by atoms with Crippen LogP contribution >= 0.6 is 0 Å². The van der Waals surface area contributed by atoms with Gasteiger partial charge in [-0.3, -0.25) is 9.10 Å². The van der Waals surface area contributed by atoms with Gasteiger partial charge in [0.15, 0.2) is 0 Å². The standard InChI is InChI=1S/C25H22N2O3S/c1-19-8-7-11-23(16-19)27(31(29,30)24-12-3-2-4-13-24)18-25(28)26-22-15-14-20-9-5-6-10-21(20)17-22/h2-17H,18H2,1H3,(H,26,28). The number of hydrogen-bond donors (Lipinski definition) is 1. The van der Waals surface area contributed by atoms with Crippen LogP contribution in [0.1, 0.15) is 5.56 Å². The number of benzene rings is 4. The van der Waals surface area contributed by atoms with E-state index in [-0.39, 0.29) is 11.4 Å². The Hall–Kier alpha value is -3.64. The summed E-state index contributed by atoms with van der Waals surface area (Å²) in [6.07, 6.45) is 0. The summed E-state index contributed by atoms with van der Waals surface area (Å²) in [5.74, 6) is -0.420. The predicted molar refractivity (Wildman–Crippen MR) is 125 cm³/mol. The minimum atomic E-state index is -3.92. The molecule has 0 aliphatic rings. The molecule has 0 fully saturated rings. The van der Waals surface area contributed by atoms with E-state index in [2.05, 4.69) is 5.32 Å². The van der Waals surface area contributed by atoms with Crippen LogP contribution in [0.3, 0.4) is 0 Å². The molecule has 0 atom stereocenters. The SMILES string of the molecule is Cc1cccc(N(CC(=O)Nc2ccc3ccccc3c2)S(=O)(=O)c2ccccc2)c1. The molecular weight excluding hydrogens is 408 g/mol. The minimum absolute atomic E-state index is 0.134. The third-order valence-corrected chi connectivity index (χ3v) is 6.73. The van der Waals surface area contributed by atoms with Crippen molar-refractivity contribution in [2.45, 2.75) is 11.8 Å². The summed E-state index contributed by atoms with van der Waals surface area (Å²) >= 11 is 0. The maximum Gasteiger partial charge on any atom is 0.264 e. The molecule has 4 aromatic rings. The normalized spacial score (nSPS) is 11.3. The van der Waals surface area contributed by atoms with Crippen LogP contribution in [-0.2, 0) is 14.8 Å². The van der Waals surface area contributed by atoms with Gasteiger partial charge in [-0.25, -0.2) is 8.42 Å². The fraction of sp³-hybridized carbons (Fsp3) is 0.0800. The van der Waals surface area contributed by atoms with E-state index in [0.29, 0.717) is 11.4 Å². The molecule has 5 nitrogen and oxygen atoms in total. The number of nitrogens with zero attached hydrogens (tertiary/aromatic N) is 1. The molecule has 4 rings (SSSR count). The molecule has 0 saturated heterocycles. The molecule has 4 aromatic carbocycles. The van der Waals surface area contributed by atoms with Crippen molar-refractivity contribution in [3.63, 3.8) is 0 Å². The lowest BCUT2D eigenvalue weighted by Gasteiger charge is -2.24. The molecule has 1 N–H and O–H groups in total. The van der Waals surface area contributed by atoms with E-state index in [1.165, 1.54) is 12.1 Å². The second-order valence-electron chi connectivity index (χ2n) is 7.27. The fourth-order valence-electron chi connectivity index (χ4n) is 3.42. The third-order valence-electron chi connectivity index (χ3n) is 4.94. The first-order valence-corrected chi connectivity index (χ1v) is 11.3. The first kappa shape index (κ1) is 20.6. The second kappa shape index (κ2) is 8.62. The Bertz CT molecular complexity index is 1340. The molecule has 6 heteroatoms. The number of amides is 1. The number of aryl methyl sites for hydroxylation is 1. The predicted octanol–water partition coefficient (Wildman–Crippen LogP) is 4.98. The average Bonchev–Trinajstić information content (AvgIpc) is 2.78. The Kier molecular flexibility index (Phi) is 5.73. The third kappa shape index (κ3) is 4.59. The Balaban J connectivity index is 1.64. The molecule has 0 heterocycles. The lowest BCUT2D eigenvalue weighted by molar-refractivity contribution is -0.114. The summed E-state index contributed by atoms with van der Waals surface area (Å²) in [4.78, 5) is 13.0. The van der Waals surface area contributed by atoms with Crippen molar-refractivity contribution in [3.05, 3.63) is 103 Å². The topological polar surface area (TPSA) is 66.5 Å². The molecule has 0 bridgehead atoms. The summed E-state index contributed by atoms with van der Waals surface area (Å²) in [5, 5.41) is 4.88. The molecule has 0 aromatic heterocycles. The lowest BCUT2D eigenvalue weighted by atomic mass is 10.1. The van der Waals surface area contributed by atoms with Crippen molar-refractivity contribution in [2.75, 3.05) is 16.2 Å².